The molecule has 1 rings (SSSR count). The second-order valence-corrected chi connectivity index (χ2v) is 3.77. The van der Waals surface area contributed by atoms with Gasteiger partial charge in [-0.05, 0) is 24.1 Å². The first-order valence-electron chi connectivity index (χ1n) is 5.47. The van der Waals surface area contributed by atoms with Crippen LogP contribution in [0.1, 0.15) is 24.0 Å². The average Bonchev–Trinajstić information content (AvgIpc) is 2.34. The number of hydrogen-bond acceptors (Lipinski definition) is 1. The Hall–Kier alpha value is -2.20. The number of carbonyl (C=O) groups excluding carboxylic acids is 1. The van der Waals surface area contributed by atoms with Gasteiger partial charge in [0.1, 0.15) is 0 Å². The van der Waals surface area contributed by atoms with Crippen LogP contribution in [0.25, 0.3) is 11.6 Å². The molecule has 0 bridgehead atoms. The molecule has 0 aliphatic rings. The van der Waals surface area contributed by atoms with Crippen molar-refractivity contribution in [2.45, 2.75) is 19.0 Å². The minimum absolute atomic E-state index is 0.182. The average molecular weight is 268 g/mol. The molecule has 3 nitrogen and oxygen atoms in total. The lowest BCUT2D eigenvalue weighted by atomic mass is 10.1. The SMILES string of the molecule is [N-]=[N+]=CC(=O)CC/C=C/c1ccc(C(F)(F)F)cc1. The van der Waals surface area contributed by atoms with Crippen molar-refractivity contribution < 1.29 is 22.8 Å². The van der Waals surface area contributed by atoms with Gasteiger partial charge in [-0.25, -0.2) is 0 Å². The monoisotopic (exact) mass is 268 g/mol. The highest BCUT2D eigenvalue weighted by Crippen LogP contribution is 2.29. The van der Waals surface area contributed by atoms with Gasteiger partial charge in [0.25, 0.3) is 0 Å². The Morgan fingerprint density at radius 3 is 2.42 bits per heavy atom. The summed E-state index contributed by atoms with van der Waals surface area (Å²) in [7, 11) is 0. The van der Waals surface area contributed by atoms with Crippen LogP contribution in [0.3, 0.4) is 0 Å². The molecular formula is C13H11F3N2O. The standard InChI is InChI=1S/C13H11F3N2O/c14-13(15,16)11-7-5-10(6-8-11)3-1-2-4-12(19)9-18-17/h1,3,5-9H,2,4H2/b3-1+. The van der Waals surface area contributed by atoms with Crippen LogP contribution in [-0.2, 0) is 11.0 Å². The Morgan fingerprint density at radius 2 is 1.89 bits per heavy atom. The second kappa shape index (κ2) is 6.66. The number of carbonyl (C=O) groups is 1. The van der Waals surface area contributed by atoms with Gasteiger partial charge in [-0.15, -0.1) is 0 Å². The van der Waals surface area contributed by atoms with Crippen LogP contribution >= 0.6 is 0 Å². The van der Waals surface area contributed by atoms with E-state index >= 15 is 0 Å². The molecule has 1 aromatic rings. The molecule has 0 heterocycles. The summed E-state index contributed by atoms with van der Waals surface area (Å²) in [5.74, 6) is -0.320. The largest absolute Gasteiger partial charge is 0.416 e. The maximum Gasteiger partial charge on any atom is 0.416 e. The lowest BCUT2D eigenvalue weighted by Gasteiger charge is -2.05. The highest BCUT2D eigenvalue weighted by molar-refractivity contribution is 6.25. The molecule has 0 atom stereocenters. The third kappa shape index (κ3) is 5.31. The Balaban J connectivity index is 2.54. The van der Waals surface area contributed by atoms with Crippen molar-refractivity contribution in [2.75, 3.05) is 0 Å². The maximum absolute atomic E-state index is 12.3. The second-order valence-electron chi connectivity index (χ2n) is 3.77. The van der Waals surface area contributed by atoms with E-state index in [1.54, 1.807) is 12.2 Å². The molecule has 0 saturated carbocycles. The lowest BCUT2D eigenvalue weighted by Crippen LogP contribution is -2.03. The lowest BCUT2D eigenvalue weighted by molar-refractivity contribution is -0.137. The highest BCUT2D eigenvalue weighted by Gasteiger charge is 2.29. The number of rotatable bonds is 5. The van der Waals surface area contributed by atoms with E-state index in [0.29, 0.717) is 12.0 Å². The molecule has 19 heavy (non-hydrogen) atoms. The van der Waals surface area contributed by atoms with E-state index in [4.69, 9.17) is 5.53 Å². The number of benzene rings is 1. The molecular weight excluding hydrogens is 257 g/mol. The number of halogens is 3. The number of ketones is 1. The summed E-state index contributed by atoms with van der Waals surface area (Å²) in [4.78, 5) is 13.5. The summed E-state index contributed by atoms with van der Waals surface area (Å²) in [6, 6.07) is 4.72. The van der Waals surface area contributed by atoms with Crippen molar-refractivity contribution in [3.05, 3.63) is 47.0 Å². The zero-order chi connectivity index (χ0) is 14.3. The van der Waals surface area contributed by atoms with Crippen molar-refractivity contribution in [3.8, 4) is 0 Å². The minimum atomic E-state index is -4.34. The summed E-state index contributed by atoms with van der Waals surface area (Å²) >= 11 is 0. The minimum Gasteiger partial charge on any atom is -0.361 e. The topological polar surface area (TPSA) is 53.5 Å². The fourth-order valence-corrected chi connectivity index (χ4v) is 1.36. The maximum atomic E-state index is 12.3. The number of Topliss-reactive ketones (excluding diaryl/α,β-unsaturated/α-hetero) is 1. The van der Waals surface area contributed by atoms with Gasteiger partial charge >= 0.3 is 12.4 Å². The molecule has 0 amide bonds. The summed E-state index contributed by atoms with van der Waals surface area (Å²) in [6.45, 7) is 0. The van der Waals surface area contributed by atoms with Gasteiger partial charge in [0.05, 0.1) is 5.56 Å². The van der Waals surface area contributed by atoms with Gasteiger partial charge in [-0.2, -0.15) is 18.0 Å². The van der Waals surface area contributed by atoms with E-state index in [0.717, 1.165) is 18.3 Å². The molecule has 0 unspecified atom stereocenters. The number of alkyl halides is 3. The molecule has 100 valence electrons. The van der Waals surface area contributed by atoms with E-state index in [-0.39, 0.29) is 12.2 Å². The normalized spacial score (nSPS) is 11.3. The van der Waals surface area contributed by atoms with E-state index < -0.39 is 11.7 Å². The van der Waals surface area contributed by atoms with E-state index in [2.05, 4.69) is 4.79 Å². The van der Waals surface area contributed by atoms with Gasteiger partial charge in [0.15, 0.2) is 0 Å². The van der Waals surface area contributed by atoms with Crippen LogP contribution in [0.2, 0.25) is 0 Å². The van der Waals surface area contributed by atoms with Gasteiger partial charge < -0.3 is 5.53 Å². The van der Waals surface area contributed by atoms with Gasteiger partial charge in [0, 0.05) is 6.42 Å². The smallest absolute Gasteiger partial charge is 0.361 e. The summed E-state index contributed by atoms with van der Waals surface area (Å²) in [5.41, 5.74) is 8.03. The first-order valence-corrected chi connectivity index (χ1v) is 5.47. The van der Waals surface area contributed by atoms with Crippen LogP contribution in [0.15, 0.2) is 30.3 Å². The van der Waals surface area contributed by atoms with Gasteiger partial charge in [-0.3, -0.25) is 4.79 Å². The first-order chi connectivity index (χ1) is 8.93. The van der Waals surface area contributed by atoms with Crippen molar-refractivity contribution >= 4 is 18.1 Å². The Morgan fingerprint density at radius 1 is 1.26 bits per heavy atom. The molecule has 0 spiro atoms. The van der Waals surface area contributed by atoms with Crippen LogP contribution in [0.4, 0.5) is 13.2 Å². The zero-order valence-corrected chi connectivity index (χ0v) is 9.89. The van der Waals surface area contributed by atoms with Crippen molar-refractivity contribution in [2.24, 2.45) is 0 Å². The van der Waals surface area contributed by atoms with Crippen molar-refractivity contribution in [1.82, 2.24) is 0 Å². The molecule has 0 aliphatic heterocycles. The predicted octanol–water partition coefficient (Wildman–Crippen LogP) is 3.37. The van der Waals surface area contributed by atoms with Gasteiger partial charge in [-0.1, -0.05) is 24.3 Å². The Kier molecular flexibility index (Phi) is 5.21. The quantitative estimate of drug-likeness (QED) is 0.459. The van der Waals surface area contributed by atoms with Crippen LogP contribution < -0.4 is 0 Å². The summed E-state index contributed by atoms with van der Waals surface area (Å²) in [6.07, 6.45) is 0.382. The van der Waals surface area contributed by atoms with Crippen LogP contribution in [0, 0.1) is 0 Å². The predicted molar refractivity (Wildman–Crippen MR) is 64.4 cm³/mol. The third-order valence-electron chi connectivity index (χ3n) is 2.31. The molecule has 0 radical (unpaired) electrons. The Labute approximate surface area is 108 Å². The molecule has 0 N–H and O–H groups in total. The van der Waals surface area contributed by atoms with E-state index in [9.17, 15) is 18.0 Å². The summed E-state index contributed by atoms with van der Waals surface area (Å²) in [5, 5.41) is 0. The zero-order valence-electron chi connectivity index (χ0n) is 9.89. The highest BCUT2D eigenvalue weighted by atomic mass is 19.4. The molecule has 0 aromatic heterocycles. The fourth-order valence-electron chi connectivity index (χ4n) is 1.36. The molecule has 0 saturated heterocycles. The molecule has 0 aliphatic carbocycles. The van der Waals surface area contributed by atoms with Crippen LogP contribution in [-0.4, -0.2) is 16.8 Å². The molecule has 6 heteroatoms. The van der Waals surface area contributed by atoms with E-state index in [1.165, 1.54) is 12.1 Å². The molecule has 1 aromatic carbocycles. The first kappa shape index (κ1) is 14.9. The number of nitrogens with zero attached hydrogens (tertiary/aromatic N) is 2. The molecule has 0 fully saturated rings. The number of allylic oxidation sites excluding steroid dienone is 1. The van der Waals surface area contributed by atoms with Crippen LogP contribution in [0.5, 0.6) is 0 Å². The van der Waals surface area contributed by atoms with E-state index in [1.807, 2.05) is 0 Å². The van der Waals surface area contributed by atoms with Crippen molar-refractivity contribution in [3.63, 3.8) is 0 Å². The Bertz CT molecular complexity index is 512. The number of hydrogen-bond donors (Lipinski definition) is 0. The third-order valence-corrected chi connectivity index (χ3v) is 2.31. The fraction of sp³-hybridized carbons (Fsp3) is 0.231. The summed E-state index contributed by atoms with van der Waals surface area (Å²) < 4.78 is 36.9. The van der Waals surface area contributed by atoms with Crippen molar-refractivity contribution in [1.29, 1.82) is 0 Å². The van der Waals surface area contributed by atoms with Gasteiger partial charge in [0.2, 0.25) is 5.78 Å².